The molecule has 0 radical (unpaired) electrons. The topological polar surface area (TPSA) is 30.7 Å². The van der Waals surface area contributed by atoms with Gasteiger partial charge >= 0.3 is 6.18 Å². The summed E-state index contributed by atoms with van der Waals surface area (Å²) in [5.74, 6) is 0. The Labute approximate surface area is 139 Å². The van der Waals surface area contributed by atoms with E-state index in [-0.39, 0.29) is 22.8 Å². The van der Waals surface area contributed by atoms with Crippen molar-refractivity contribution in [2.75, 3.05) is 0 Å². The lowest BCUT2D eigenvalue weighted by molar-refractivity contribution is -0.136. The van der Waals surface area contributed by atoms with Gasteiger partial charge in [0.1, 0.15) is 0 Å². The lowest BCUT2D eigenvalue weighted by atomic mass is 10.1. The Balaban J connectivity index is 2.38. The van der Waals surface area contributed by atoms with Crippen LogP contribution in [0.15, 0.2) is 18.2 Å². The van der Waals surface area contributed by atoms with Gasteiger partial charge in [-0.1, -0.05) is 11.6 Å². The molecule has 3 aromatic rings. The van der Waals surface area contributed by atoms with Gasteiger partial charge in [0.2, 0.25) is 0 Å². The molecule has 0 amide bonds. The van der Waals surface area contributed by atoms with Crippen LogP contribution >= 0.6 is 22.9 Å². The number of aromatic nitrogens is 3. The summed E-state index contributed by atoms with van der Waals surface area (Å²) in [6.07, 6.45) is -4.48. The molecule has 0 aliphatic rings. The Morgan fingerprint density at radius 1 is 1.26 bits per heavy atom. The summed E-state index contributed by atoms with van der Waals surface area (Å²) in [4.78, 5) is 5.02. The first-order chi connectivity index (χ1) is 10.7. The van der Waals surface area contributed by atoms with E-state index in [0.717, 1.165) is 6.07 Å². The summed E-state index contributed by atoms with van der Waals surface area (Å²) in [7, 11) is 0. The van der Waals surface area contributed by atoms with Crippen molar-refractivity contribution >= 4 is 34.0 Å². The van der Waals surface area contributed by atoms with Crippen molar-refractivity contribution in [1.29, 1.82) is 0 Å². The van der Waals surface area contributed by atoms with Crippen molar-refractivity contribution in [2.24, 2.45) is 0 Å². The molecule has 23 heavy (non-hydrogen) atoms. The van der Waals surface area contributed by atoms with E-state index in [1.807, 2.05) is 13.8 Å². The molecular formula is C15H13ClF3N3S. The third kappa shape index (κ3) is 2.83. The van der Waals surface area contributed by atoms with Crippen LogP contribution in [-0.2, 0) is 6.18 Å². The zero-order valence-corrected chi connectivity index (χ0v) is 14.1. The van der Waals surface area contributed by atoms with E-state index in [0.29, 0.717) is 14.9 Å². The molecule has 0 aliphatic heterocycles. The fraction of sp³-hybridized carbons (Fsp3) is 0.333. The second-order valence-corrected chi connectivity index (χ2v) is 7.19. The molecule has 122 valence electrons. The molecule has 0 spiro atoms. The van der Waals surface area contributed by atoms with E-state index in [9.17, 15) is 13.2 Å². The van der Waals surface area contributed by atoms with Gasteiger partial charge < -0.3 is 0 Å². The van der Waals surface area contributed by atoms with E-state index in [1.54, 1.807) is 19.1 Å². The van der Waals surface area contributed by atoms with Gasteiger partial charge in [-0.15, -0.1) is 11.3 Å². The van der Waals surface area contributed by atoms with Crippen molar-refractivity contribution in [2.45, 2.75) is 33.0 Å². The number of hydrogen-bond acceptors (Lipinski definition) is 3. The second kappa shape index (κ2) is 5.49. The lowest BCUT2D eigenvalue weighted by Crippen LogP contribution is -2.08. The zero-order chi connectivity index (χ0) is 16.9. The summed E-state index contributed by atoms with van der Waals surface area (Å²) < 4.78 is 42.6. The molecule has 0 aliphatic carbocycles. The molecule has 3 heterocycles. The normalized spacial score (nSPS) is 12.5. The fourth-order valence-corrected chi connectivity index (χ4v) is 3.48. The van der Waals surface area contributed by atoms with E-state index >= 15 is 0 Å². The predicted molar refractivity (Wildman–Crippen MR) is 86.0 cm³/mol. The zero-order valence-electron chi connectivity index (χ0n) is 12.6. The summed E-state index contributed by atoms with van der Waals surface area (Å²) in [6.45, 7) is 5.28. The van der Waals surface area contributed by atoms with Crippen molar-refractivity contribution in [3.8, 4) is 10.6 Å². The maximum atomic E-state index is 13.5. The Bertz CT molecular complexity index is 880. The van der Waals surface area contributed by atoms with Gasteiger partial charge in [-0.2, -0.15) is 18.3 Å². The summed E-state index contributed by atoms with van der Waals surface area (Å²) in [5.41, 5.74) is 0.103. The molecule has 0 N–H and O–H groups in total. The summed E-state index contributed by atoms with van der Waals surface area (Å²) in [6, 6.07) is 4.29. The highest BCUT2D eigenvalue weighted by atomic mass is 35.5. The van der Waals surface area contributed by atoms with Crippen LogP contribution in [-0.4, -0.2) is 14.8 Å². The van der Waals surface area contributed by atoms with Crippen molar-refractivity contribution in [3.63, 3.8) is 0 Å². The number of thiophene rings is 1. The lowest BCUT2D eigenvalue weighted by Gasteiger charge is -2.12. The molecule has 3 rings (SSSR count). The number of fused-ring (bicyclic) bond motifs is 1. The van der Waals surface area contributed by atoms with Crippen molar-refractivity contribution < 1.29 is 13.2 Å². The second-order valence-electron chi connectivity index (χ2n) is 5.48. The molecule has 3 nitrogen and oxygen atoms in total. The smallest absolute Gasteiger partial charge is 0.244 e. The maximum absolute atomic E-state index is 13.5. The third-order valence-corrected chi connectivity index (χ3v) is 4.71. The van der Waals surface area contributed by atoms with Gasteiger partial charge in [0.25, 0.3) is 0 Å². The molecule has 0 aromatic carbocycles. The van der Waals surface area contributed by atoms with E-state index < -0.39 is 11.7 Å². The van der Waals surface area contributed by atoms with Gasteiger partial charge in [0.05, 0.1) is 31.6 Å². The number of halogens is 4. The molecule has 0 fully saturated rings. The minimum absolute atomic E-state index is 0.0533. The number of hydrogen-bond donors (Lipinski definition) is 0. The van der Waals surface area contributed by atoms with Crippen molar-refractivity contribution in [1.82, 2.24) is 14.8 Å². The predicted octanol–water partition coefficient (Wildman–Crippen LogP) is 5.72. The molecule has 0 unspecified atom stereocenters. The van der Waals surface area contributed by atoms with E-state index in [2.05, 4.69) is 10.1 Å². The Hall–Kier alpha value is -1.60. The van der Waals surface area contributed by atoms with Crippen LogP contribution in [0.4, 0.5) is 13.2 Å². The van der Waals surface area contributed by atoms with Crippen molar-refractivity contribution in [3.05, 3.63) is 33.8 Å². The molecule has 8 heteroatoms. The summed E-state index contributed by atoms with van der Waals surface area (Å²) >= 11 is 7.09. The van der Waals surface area contributed by atoms with Crippen LogP contribution in [0, 0.1) is 6.92 Å². The van der Waals surface area contributed by atoms with E-state index in [1.165, 1.54) is 16.0 Å². The molecule has 0 atom stereocenters. The molecular weight excluding hydrogens is 347 g/mol. The first-order valence-electron chi connectivity index (χ1n) is 6.91. The van der Waals surface area contributed by atoms with Gasteiger partial charge in [-0.05, 0) is 39.0 Å². The molecule has 0 bridgehead atoms. The first kappa shape index (κ1) is 16.3. The highest BCUT2D eigenvalue weighted by Crippen LogP contribution is 2.40. The minimum atomic E-state index is -4.48. The SMILES string of the molecule is Cc1nn(C(C)C)c2nc(-c3ccc(Cl)s3)cc(C(F)(F)F)c12. The van der Waals surface area contributed by atoms with Gasteiger partial charge in [-0.3, -0.25) is 0 Å². The number of nitrogens with zero attached hydrogens (tertiary/aromatic N) is 3. The number of pyridine rings is 1. The molecule has 0 saturated carbocycles. The van der Waals surface area contributed by atoms with Crippen LogP contribution in [0.2, 0.25) is 4.34 Å². The average molecular weight is 360 g/mol. The van der Waals surface area contributed by atoms with Crippen LogP contribution in [0.5, 0.6) is 0 Å². The van der Waals surface area contributed by atoms with Crippen LogP contribution < -0.4 is 0 Å². The molecule has 3 aromatic heterocycles. The Morgan fingerprint density at radius 2 is 1.96 bits per heavy atom. The van der Waals surface area contributed by atoms with E-state index in [4.69, 9.17) is 11.6 Å². The van der Waals surface area contributed by atoms with Gasteiger partial charge in [0.15, 0.2) is 5.65 Å². The molecule has 0 saturated heterocycles. The quantitative estimate of drug-likeness (QED) is 0.585. The minimum Gasteiger partial charge on any atom is -0.244 e. The van der Waals surface area contributed by atoms with Gasteiger partial charge in [0, 0.05) is 6.04 Å². The standard InChI is InChI=1S/C15H13ClF3N3S/c1-7(2)22-14-13(8(3)21-22)9(15(17,18)19)6-10(20-14)11-4-5-12(16)23-11/h4-7H,1-3H3. The number of aryl methyl sites for hydroxylation is 1. The van der Waals surface area contributed by atoms with Crippen LogP contribution in [0.1, 0.15) is 31.1 Å². The third-order valence-electron chi connectivity index (χ3n) is 3.46. The monoisotopic (exact) mass is 359 g/mol. The Kier molecular flexibility index (Phi) is 3.88. The first-order valence-corrected chi connectivity index (χ1v) is 8.10. The number of alkyl halides is 3. The highest BCUT2D eigenvalue weighted by molar-refractivity contribution is 7.19. The van der Waals surface area contributed by atoms with Crippen LogP contribution in [0.25, 0.3) is 21.6 Å². The average Bonchev–Trinajstić information content (AvgIpc) is 3.01. The van der Waals surface area contributed by atoms with Crippen LogP contribution in [0.3, 0.4) is 0 Å². The number of rotatable bonds is 2. The largest absolute Gasteiger partial charge is 0.417 e. The maximum Gasteiger partial charge on any atom is 0.417 e. The summed E-state index contributed by atoms with van der Waals surface area (Å²) in [5, 5.41) is 4.29. The fourth-order valence-electron chi connectivity index (χ4n) is 2.47. The highest BCUT2D eigenvalue weighted by Gasteiger charge is 2.36. The van der Waals surface area contributed by atoms with Gasteiger partial charge in [-0.25, -0.2) is 9.67 Å². The Morgan fingerprint density at radius 3 is 2.48 bits per heavy atom.